The van der Waals surface area contributed by atoms with Gasteiger partial charge in [0.25, 0.3) is 0 Å². The van der Waals surface area contributed by atoms with Crippen LogP contribution >= 0.6 is 0 Å². The van der Waals surface area contributed by atoms with E-state index in [-0.39, 0.29) is 30.6 Å². The number of aliphatic hydroxyl groups excluding tert-OH is 2. The third-order valence-corrected chi connectivity index (χ3v) is 7.79. The molecule has 0 aromatic carbocycles. The largest absolute Gasteiger partial charge is 0.494 e. The van der Waals surface area contributed by atoms with Crippen LogP contribution in [0.15, 0.2) is 11.8 Å². The van der Waals surface area contributed by atoms with Crippen molar-refractivity contribution in [1.29, 1.82) is 0 Å². The molecule has 1 saturated heterocycles. The van der Waals surface area contributed by atoms with E-state index in [9.17, 15) is 15.3 Å². The molecular formula is C25H46N2O6. The molecule has 1 saturated carbocycles. The lowest BCUT2D eigenvalue weighted by molar-refractivity contribution is -0.299. The number of aliphatic hydroxyl groups is 3. The number of hydrogen-bond donors (Lipinski definition) is 5. The van der Waals surface area contributed by atoms with Crippen molar-refractivity contribution >= 4 is 0 Å². The molecule has 0 amide bonds. The highest BCUT2D eigenvalue weighted by atomic mass is 16.7. The smallest absolute Gasteiger partial charge is 0.185 e. The third kappa shape index (κ3) is 5.74. The molecule has 0 bridgehead atoms. The highest BCUT2D eigenvalue weighted by Crippen LogP contribution is 2.42. The molecule has 192 valence electrons. The average molecular weight is 471 g/mol. The Morgan fingerprint density at radius 2 is 1.91 bits per heavy atom. The molecule has 0 aromatic rings. The first-order valence-electron chi connectivity index (χ1n) is 12.8. The van der Waals surface area contributed by atoms with Crippen molar-refractivity contribution < 1.29 is 29.5 Å². The van der Waals surface area contributed by atoms with Gasteiger partial charge in [0, 0.05) is 18.4 Å². The summed E-state index contributed by atoms with van der Waals surface area (Å²) in [6.45, 7) is 11.0. The maximum atomic E-state index is 11.7. The van der Waals surface area contributed by atoms with Crippen molar-refractivity contribution in [3.05, 3.63) is 11.8 Å². The van der Waals surface area contributed by atoms with Crippen LogP contribution < -0.4 is 10.6 Å². The van der Waals surface area contributed by atoms with E-state index in [2.05, 4.69) is 44.4 Å². The van der Waals surface area contributed by atoms with E-state index in [4.69, 9.17) is 14.2 Å². The molecular weight excluding hydrogens is 424 g/mol. The van der Waals surface area contributed by atoms with Gasteiger partial charge in [-0.25, -0.2) is 0 Å². The third-order valence-electron chi connectivity index (χ3n) is 7.79. The Morgan fingerprint density at radius 3 is 2.55 bits per heavy atom. The Balaban J connectivity index is 1.82. The minimum atomic E-state index is -1.22. The van der Waals surface area contributed by atoms with E-state index in [1.807, 2.05) is 0 Å². The maximum absolute atomic E-state index is 11.7. The summed E-state index contributed by atoms with van der Waals surface area (Å²) in [5, 5.41) is 39.7. The van der Waals surface area contributed by atoms with E-state index < -0.39 is 36.2 Å². The molecule has 8 heteroatoms. The van der Waals surface area contributed by atoms with E-state index in [1.165, 1.54) is 0 Å². The van der Waals surface area contributed by atoms with Gasteiger partial charge in [0.2, 0.25) is 0 Å². The van der Waals surface area contributed by atoms with Crippen LogP contribution in [0.1, 0.15) is 60.3 Å². The number of nitrogens with one attached hydrogen (secondary N) is 2. The molecule has 11 unspecified atom stereocenters. The minimum absolute atomic E-state index is 0.0311. The van der Waals surface area contributed by atoms with E-state index >= 15 is 0 Å². The minimum Gasteiger partial charge on any atom is -0.494 e. The summed E-state index contributed by atoms with van der Waals surface area (Å²) in [7, 11) is 1.70. The number of hydrogen-bond acceptors (Lipinski definition) is 8. The zero-order valence-corrected chi connectivity index (χ0v) is 21.2. The molecule has 3 aliphatic rings. The zero-order valence-electron chi connectivity index (χ0n) is 21.2. The van der Waals surface area contributed by atoms with Crippen molar-refractivity contribution in [2.75, 3.05) is 20.2 Å². The predicted octanol–water partition coefficient (Wildman–Crippen LogP) is 1.53. The second-order valence-electron chi connectivity index (χ2n) is 10.6. The maximum Gasteiger partial charge on any atom is 0.185 e. The molecule has 11 atom stereocenters. The van der Waals surface area contributed by atoms with Crippen LogP contribution in [0.4, 0.5) is 0 Å². The van der Waals surface area contributed by atoms with Crippen LogP contribution in [0.2, 0.25) is 0 Å². The SMILES string of the molecule is CCCNC1CC(C)C(C2OC(CC)=CCC2C)C(O)C1OC1OCC(C)(O)C(NC)C1O. The van der Waals surface area contributed by atoms with Crippen molar-refractivity contribution in [2.45, 2.75) is 109 Å². The fourth-order valence-electron chi connectivity index (χ4n) is 5.90. The van der Waals surface area contributed by atoms with E-state index in [1.54, 1.807) is 14.0 Å². The number of ether oxygens (including phenoxy) is 3. The topological polar surface area (TPSA) is 112 Å². The zero-order chi connectivity index (χ0) is 24.3. The fraction of sp³-hybridized carbons (Fsp3) is 0.920. The van der Waals surface area contributed by atoms with Crippen molar-refractivity contribution in [1.82, 2.24) is 10.6 Å². The van der Waals surface area contributed by atoms with Gasteiger partial charge >= 0.3 is 0 Å². The highest BCUT2D eigenvalue weighted by Gasteiger charge is 2.52. The van der Waals surface area contributed by atoms with Gasteiger partial charge < -0.3 is 40.2 Å². The second kappa shape index (κ2) is 11.3. The van der Waals surface area contributed by atoms with Crippen LogP contribution in [-0.2, 0) is 14.2 Å². The number of allylic oxidation sites excluding steroid dienone is 2. The van der Waals surface area contributed by atoms with Crippen molar-refractivity contribution in [3.8, 4) is 0 Å². The van der Waals surface area contributed by atoms with Crippen LogP contribution in [0.25, 0.3) is 0 Å². The molecule has 8 nitrogen and oxygen atoms in total. The number of rotatable bonds is 8. The Bertz CT molecular complexity index is 659. The standard InChI is InChI=1S/C25H46N2O6/c1-7-11-27-17-12-15(4)18(21-14(3)9-10-16(8-2)32-21)19(28)22(17)33-24-20(29)23(26-6)25(5,30)13-31-24/h10,14-15,17-24,26-30H,7-9,11-13H2,1-6H3. The molecule has 2 heterocycles. The quantitative estimate of drug-likeness (QED) is 0.363. The van der Waals surface area contributed by atoms with Gasteiger partial charge in [-0.15, -0.1) is 0 Å². The molecule has 0 radical (unpaired) electrons. The summed E-state index contributed by atoms with van der Waals surface area (Å²) >= 11 is 0. The molecule has 5 N–H and O–H groups in total. The van der Waals surface area contributed by atoms with Gasteiger partial charge in [0.15, 0.2) is 6.29 Å². The summed E-state index contributed by atoms with van der Waals surface area (Å²) in [4.78, 5) is 0. The molecule has 0 aromatic heterocycles. The Labute approximate surface area is 199 Å². The van der Waals surface area contributed by atoms with Gasteiger partial charge in [-0.1, -0.05) is 27.7 Å². The Morgan fingerprint density at radius 1 is 1.18 bits per heavy atom. The van der Waals surface area contributed by atoms with Crippen LogP contribution in [0.3, 0.4) is 0 Å². The second-order valence-corrected chi connectivity index (χ2v) is 10.6. The molecule has 1 aliphatic carbocycles. The first-order chi connectivity index (χ1) is 15.6. The Kier molecular flexibility index (Phi) is 9.22. The monoisotopic (exact) mass is 470 g/mol. The van der Waals surface area contributed by atoms with E-state index in [0.717, 1.165) is 38.0 Å². The molecule has 33 heavy (non-hydrogen) atoms. The molecule has 0 spiro atoms. The Hall–Kier alpha value is -0.740. The van der Waals surface area contributed by atoms with Gasteiger partial charge in [-0.2, -0.15) is 0 Å². The first-order valence-corrected chi connectivity index (χ1v) is 12.8. The average Bonchev–Trinajstić information content (AvgIpc) is 2.77. The summed E-state index contributed by atoms with van der Waals surface area (Å²) in [6.07, 6.45) is 2.30. The van der Waals surface area contributed by atoms with Gasteiger partial charge in [0.05, 0.1) is 24.5 Å². The van der Waals surface area contributed by atoms with E-state index in [0.29, 0.717) is 5.92 Å². The lowest BCUT2D eigenvalue weighted by Gasteiger charge is -2.51. The predicted molar refractivity (Wildman–Crippen MR) is 126 cm³/mol. The van der Waals surface area contributed by atoms with Crippen molar-refractivity contribution in [2.24, 2.45) is 17.8 Å². The van der Waals surface area contributed by atoms with Gasteiger partial charge in [-0.3, -0.25) is 0 Å². The first kappa shape index (κ1) is 26.9. The summed E-state index contributed by atoms with van der Waals surface area (Å²) in [6, 6.07) is -0.676. The highest BCUT2D eigenvalue weighted by molar-refractivity contribution is 5.06. The van der Waals surface area contributed by atoms with Crippen LogP contribution in [0.5, 0.6) is 0 Å². The normalized spacial score (nSPS) is 46.5. The summed E-state index contributed by atoms with van der Waals surface area (Å²) in [5.41, 5.74) is -1.22. The lowest BCUT2D eigenvalue weighted by Crippen LogP contribution is -2.67. The molecule has 3 rings (SSSR count). The van der Waals surface area contributed by atoms with Gasteiger partial charge in [-0.05, 0) is 57.7 Å². The molecule has 2 aliphatic heterocycles. The van der Waals surface area contributed by atoms with Crippen LogP contribution in [-0.4, -0.2) is 83.9 Å². The van der Waals surface area contributed by atoms with Crippen molar-refractivity contribution in [3.63, 3.8) is 0 Å². The summed E-state index contributed by atoms with van der Waals surface area (Å²) in [5.74, 6) is 1.43. The van der Waals surface area contributed by atoms with Crippen LogP contribution in [0, 0.1) is 17.8 Å². The summed E-state index contributed by atoms with van der Waals surface area (Å²) < 4.78 is 18.5. The van der Waals surface area contributed by atoms with Gasteiger partial charge in [0.1, 0.15) is 23.9 Å². The lowest BCUT2D eigenvalue weighted by atomic mass is 9.68. The molecule has 2 fully saturated rings. The number of likely N-dealkylation sites (N-methyl/N-ethyl adjacent to an activating group) is 1. The fourth-order valence-corrected chi connectivity index (χ4v) is 5.90.